The average molecular weight is 442 g/mol. The number of aromatic nitrogens is 3. The topological polar surface area (TPSA) is 36.7 Å². The molecule has 3 heterocycles. The Morgan fingerprint density at radius 2 is 1.61 bits per heavy atom. The lowest BCUT2D eigenvalue weighted by atomic mass is 9.96. The van der Waals surface area contributed by atoms with Gasteiger partial charge in [0, 0.05) is 55.6 Å². The molecule has 33 heavy (non-hydrogen) atoms. The Hall–Kier alpha value is -3.25. The molecule has 0 spiro atoms. The first kappa shape index (κ1) is 20.4. The van der Waals surface area contributed by atoms with E-state index in [1.807, 2.05) is 10.6 Å². The van der Waals surface area contributed by atoms with E-state index in [9.17, 15) is 4.39 Å². The molecule has 0 saturated carbocycles. The number of fused-ring (bicyclic) bond motifs is 2. The zero-order valence-corrected chi connectivity index (χ0v) is 18.8. The van der Waals surface area contributed by atoms with E-state index >= 15 is 0 Å². The molecule has 6 heteroatoms. The molecule has 1 saturated heterocycles. The number of hydrogen-bond donors (Lipinski definition) is 0. The Kier molecular flexibility index (Phi) is 5.30. The van der Waals surface area contributed by atoms with Crippen LogP contribution in [0.4, 0.5) is 10.2 Å². The monoisotopic (exact) mass is 441 g/mol. The van der Waals surface area contributed by atoms with Crippen LogP contribution in [0, 0.1) is 5.82 Å². The van der Waals surface area contributed by atoms with Crippen LogP contribution < -0.4 is 4.90 Å². The molecule has 2 aromatic heterocycles. The first-order chi connectivity index (χ1) is 16.2. The number of anilines is 1. The van der Waals surface area contributed by atoms with Gasteiger partial charge in [0.15, 0.2) is 5.65 Å². The van der Waals surface area contributed by atoms with Crippen LogP contribution in [0.3, 0.4) is 0 Å². The fourth-order valence-electron chi connectivity index (χ4n) is 5.17. The Labute approximate surface area is 193 Å². The summed E-state index contributed by atoms with van der Waals surface area (Å²) in [6, 6.07) is 19.3. The molecule has 0 radical (unpaired) electrons. The van der Waals surface area contributed by atoms with Crippen LogP contribution in [0.2, 0.25) is 0 Å². The van der Waals surface area contributed by atoms with Crippen LogP contribution in [0.1, 0.15) is 29.7 Å². The predicted molar refractivity (Wildman–Crippen MR) is 129 cm³/mol. The summed E-state index contributed by atoms with van der Waals surface area (Å²) in [5.41, 5.74) is 6.59. The van der Waals surface area contributed by atoms with Crippen molar-refractivity contribution in [3.05, 3.63) is 83.3 Å². The summed E-state index contributed by atoms with van der Waals surface area (Å²) >= 11 is 0. The van der Waals surface area contributed by atoms with Crippen molar-refractivity contribution < 1.29 is 4.39 Å². The van der Waals surface area contributed by atoms with Crippen molar-refractivity contribution in [1.29, 1.82) is 0 Å². The van der Waals surface area contributed by atoms with Gasteiger partial charge in [-0.3, -0.25) is 4.90 Å². The molecule has 0 N–H and O–H groups in total. The van der Waals surface area contributed by atoms with Crippen molar-refractivity contribution >= 4 is 11.5 Å². The Morgan fingerprint density at radius 3 is 2.39 bits per heavy atom. The number of benzene rings is 2. The molecule has 6 rings (SSSR count). The van der Waals surface area contributed by atoms with E-state index in [4.69, 9.17) is 10.1 Å². The molecule has 1 aliphatic carbocycles. The smallest absolute Gasteiger partial charge is 0.158 e. The highest BCUT2D eigenvalue weighted by Gasteiger charge is 2.26. The first-order valence-corrected chi connectivity index (χ1v) is 11.9. The predicted octanol–water partition coefficient (Wildman–Crippen LogP) is 4.74. The van der Waals surface area contributed by atoms with Gasteiger partial charge in [-0.1, -0.05) is 30.3 Å². The van der Waals surface area contributed by atoms with Gasteiger partial charge in [-0.25, -0.2) is 9.37 Å². The summed E-state index contributed by atoms with van der Waals surface area (Å²) < 4.78 is 15.5. The maximum absolute atomic E-state index is 13.4. The Balaban J connectivity index is 1.33. The third kappa shape index (κ3) is 4.00. The number of nitrogens with zero attached hydrogens (tertiary/aromatic N) is 5. The first-order valence-electron chi connectivity index (χ1n) is 11.9. The summed E-state index contributed by atoms with van der Waals surface area (Å²) in [5, 5.41) is 4.96. The molecule has 2 aliphatic rings. The van der Waals surface area contributed by atoms with Gasteiger partial charge >= 0.3 is 0 Å². The van der Waals surface area contributed by atoms with Crippen LogP contribution in [0.15, 0.2) is 60.7 Å². The van der Waals surface area contributed by atoms with Gasteiger partial charge < -0.3 is 4.90 Å². The van der Waals surface area contributed by atoms with Crippen molar-refractivity contribution in [3.63, 3.8) is 0 Å². The number of piperazine rings is 1. The Bertz CT molecular complexity index is 1260. The summed E-state index contributed by atoms with van der Waals surface area (Å²) in [6.07, 6.45) is 4.49. The second kappa shape index (κ2) is 8.60. The van der Waals surface area contributed by atoms with Gasteiger partial charge in [0.1, 0.15) is 11.6 Å². The van der Waals surface area contributed by atoms with E-state index < -0.39 is 0 Å². The number of rotatable bonds is 4. The molecular formula is C27H28FN5. The summed E-state index contributed by atoms with van der Waals surface area (Å²) in [5.74, 6) is 0.979. The van der Waals surface area contributed by atoms with Crippen LogP contribution >= 0.6 is 0 Å². The minimum atomic E-state index is -0.231. The molecule has 0 bridgehead atoms. The summed E-state index contributed by atoms with van der Waals surface area (Å²) in [4.78, 5) is 10.0. The highest BCUT2D eigenvalue weighted by atomic mass is 19.1. The Morgan fingerprint density at radius 1 is 0.848 bits per heavy atom. The third-order valence-electron chi connectivity index (χ3n) is 6.91. The van der Waals surface area contributed by atoms with E-state index in [1.165, 1.54) is 47.6 Å². The maximum atomic E-state index is 13.4. The van der Waals surface area contributed by atoms with E-state index in [-0.39, 0.29) is 5.82 Å². The number of halogens is 1. The quantitative estimate of drug-likeness (QED) is 0.459. The normalized spacial score (nSPS) is 16.8. The lowest BCUT2D eigenvalue weighted by Gasteiger charge is -2.37. The van der Waals surface area contributed by atoms with E-state index in [2.05, 4.69) is 40.1 Å². The number of aryl methyl sites for hydroxylation is 1. The molecule has 5 nitrogen and oxygen atoms in total. The number of hydrogen-bond acceptors (Lipinski definition) is 4. The van der Waals surface area contributed by atoms with Gasteiger partial charge in [-0.15, -0.1) is 0 Å². The van der Waals surface area contributed by atoms with Gasteiger partial charge in [-0.05, 0) is 55.5 Å². The molecule has 0 amide bonds. The van der Waals surface area contributed by atoms with Crippen molar-refractivity contribution in [2.45, 2.75) is 32.2 Å². The minimum Gasteiger partial charge on any atom is -0.354 e. The van der Waals surface area contributed by atoms with Gasteiger partial charge in [0.05, 0.1) is 5.69 Å². The average Bonchev–Trinajstić information content (AvgIpc) is 3.28. The van der Waals surface area contributed by atoms with Crippen molar-refractivity contribution in [2.24, 2.45) is 0 Å². The standard InChI is InChI=1S/C27H28FN5/c28-22-12-10-21(11-13-22)25-18-26-29-24-9-5-4-8-23(24)27(33(26)30-25)32-16-14-31(15-17-32)19-20-6-2-1-3-7-20/h1-3,6-7,10-13,18H,4-5,8-9,14-17,19H2. The molecule has 2 aromatic carbocycles. The molecule has 1 aliphatic heterocycles. The molecule has 4 aromatic rings. The fraction of sp³-hybridized carbons (Fsp3) is 0.333. The maximum Gasteiger partial charge on any atom is 0.158 e. The lowest BCUT2D eigenvalue weighted by molar-refractivity contribution is 0.248. The second-order valence-electron chi connectivity index (χ2n) is 9.12. The van der Waals surface area contributed by atoms with Crippen LogP contribution in [0.5, 0.6) is 0 Å². The van der Waals surface area contributed by atoms with Crippen LogP contribution in [-0.4, -0.2) is 45.7 Å². The van der Waals surface area contributed by atoms with E-state index in [0.29, 0.717) is 0 Å². The van der Waals surface area contributed by atoms with E-state index in [1.54, 1.807) is 12.1 Å². The molecule has 0 unspecified atom stereocenters. The van der Waals surface area contributed by atoms with Crippen LogP contribution in [-0.2, 0) is 19.4 Å². The molecule has 168 valence electrons. The van der Waals surface area contributed by atoms with Crippen LogP contribution in [0.25, 0.3) is 16.9 Å². The highest BCUT2D eigenvalue weighted by molar-refractivity contribution is 5.67. The zero-order valence-electron chi connectivity index (χ0n) is 18.8. The van der Waals surface area contributed by atoms with Crippen molar-refractivity contribution in [3.8, 4) is 11.3 Å². The molecule has 1 fully saturated rings. The van der Waals surface area contributed by atoms with Crippen molar-refractivity contribution in [1.82, 2.24) is 19.5 Å². The molecular weight excluding hydrogens is 413 g/mol. The van der Waals surface area contributed by atoms with Crippen molar-refractivity contribution in [2.75, 3.05) is 31.1 Å². The SMILES string of the molecule is Fc1ccc(-c2cc3nc4c(c(N5CCN(Cc6ccccc6)CC5)n3n2)CCCC4)cc1. The zero-order chi connectivity index (χ0) is 22.2. The molecule has 0 atom stereocenters. The highest BCUT2D eigenvalue weighted by Crippen LogP contribution is 2.32. The summed E-state index contributed by atoms with van der Waals surface area (Å²) in [6.45, 7) is 5.00. The minimum absolute atomic E-state index is 0.231. The van der Waals surface area contributed by atoms with Gasteiger partial charge in [0.2, 0.25) is 0 Å². The fourth-order valence-corrected chi connectivity index (χ4v) is 5.17. The third-order valence-corrected chi connectivity index (χ3v) is 6.91. The van der Waals surface area contributed by atoms with Gasteiger partial charge in [-0.2, -0.15) is 9.61 Å². The largest absolute Gasteiger partial charge is 0.354 e. The summed E-state index contributed by atoms with van der Waals surface area (Å²) in [7, 11) is 0. The lowest BCUT2D eigenvalue weighted by Crippen LogP contribution is -2.47. The van der Waals surface area contributed by atoms with E-state index in [0.717, 1.165) is 62.5 Å². The second-order valence-corrected chi connectivity index (χ2v) is 9.12. The van der Waals surface area contributed by atoms with Gasteiger partial charge in [0.25, 0.3) is 0 Å².